The van der Waals surface area contributed by atoms with E-state index in [2.05, 4.69) is 15.0 Å². The zero-order valence-electron chi connectivity index (χ0n) is 17.4. The average molecular weight is 563 g/mol. The summed E-state index contributed by atoms with van der Waals surface area (Å²) in [4.78, 5) is 16.1. The Labute approximate surface area is 198 Å². The molecular formula is C19H26IN5O5S. The lowest BCUT2D eigenvalue weighted by Crippen LogP contribution is -2.42. The van der Waals surface area contributed by atoms with E-state index in [9.17, 15) is 18.5 Å². The van der Waals surface area contributed by atoms with Crippen molar-refractivity contribution in [2.45, 2.75) is 11.4 Å². The molecule has 0 spiro atoms. The molecule has 0 fully saturated rings. The third-order valence-corrected chi connectivity index (χ3v) is 5.65. The molecule has 0 aliphatic rings. The highest BCUT2D eigenvalue weighted by Crippen LogP contribution is 2.17. The Bertz CT molecular complexity index is 999. The first-order chi connectivity index (χ1) is 14.3. The number of hydrogen-bond acceptors (Lipinski definition) is 6. The van der Waals surface area contributed by atoms with Crippen molar-refractivity contribution in [3.63, 3.8) is 0 Å². The molecule has 10 nitrogen and oxygen atoms in total. The molecule has 0 unspecified atom stereocenters. The fraction of sp³-hybridized carbons (Fsp3) is 0.316. The van der Waals surface area contributed by atoms with Crippen molar-refractivity contribution in [1.29, 1.82) is 0 Å². The highest BCUT2D eigenvalue weighted by atomic mass is 127. The van der Waals surface area contributed by atoms with Gasteiger partial charge in [0, 0.05) is 45.9 Å². The molecule has 0 bridgehead atoms. The van der Waals surface area contributed by atoms with Crippen LogP contribution in [0.5, 0.6) is 5.75 Å². The van der Waals surface area contributed by atoms with Crippen molar-refractivity contribution in [3.05, 3.63) is 64.2 Å². The van der Waals surface area contributed by atoms with Gasteiger partial charge >= 0.3 is 0 Å². The molecule has 170 valence electrons. The molecule has 0 amide bonds. The number of nitrogens with zero attached hydrogens (tertiary/aromatic N) is 3. The Morgan fingerprint density at radius 2 is 1.87 bits per heavy atom. The van der Waals surface area contributed by atoms with E-state index in [0.29, 0.717) is 12.5 Å². The van der Waals surface area contributed by atoms with E-state index in [4.69, 9.17) is 4.74 Å². The third-order valence-electron chi connectivity index (χ3n) is 4.19. The van der Waals surface area contributed by atoms with Crippen molar-refractivity contribution < 1.29 is 18.1 Å². The van der Waals surface area contributed by atoms with Gasteiger partial charge in [0.1, 0.15) is 5.75 Å². The first kappa shape index (κ1) is 26.6. The summed E-state index contributed by atoms with van der Waals surface area (Å²) in [7, 11) is 1.26. The summed E-state index contributed by atoms with van der Waals surface area (Å²) in [6.07, 6.45) is 0. The van der Waals surface area contributed by atoms with Crippen LogP contribution in [-0.2, 0) is 16.6 Å². The third kappa shape index (κ3) is 7.95. The van der Waals surface area contributed by atoms with Gasteiger partial charge in [0.05, 0.1) is 16.9 Å². The Morgan fingerprint density at radius 3 is 2.45 bits per heavy atom. The molecule has 12 heteroatoms. The number of sulfonamides is 1. The number of nitro benzene ring substituents is 1. The zero-order chi connectivity index (χ0) is 22.1. The van der Waals surface area contributed by atoms with Gasteiger partial charge < -0.3 is 15.0 Å². The number of nitrogens with one attached hydrogen (secondary N) is 2. The second-order valence-corrected chi connectivity index (χ2v) is 8.10. The van der Waals surface area contributed by atoms with Crippen LogP contribution in [0, 0.1) is 10.1 Å². The smallest absolute Gasteiger partial charge is 0.270 e. The van der Waals surface area contributed by atoms with Gasteiger partial charge in [0.2, 0.25) is 10.0 Å². The predicted molar refractivity (Wildman–Crippen MR) is 130 cm³/mol. The van der Waals surface area contributed by atoms with Crippen LogP contribution in [0.25, 0.3) is 0 Å². The zero-order valence-corrected chi connectivity index (χ0v) is 20.6. The van der Waals surface area contributed by atoms with Crippen LogP contribution in [0.4, 0.5) is 5.69 Å². The van der Waals surface area contributed by atoms with Crippen molar-refractivity contribution in [2.75, 3.05) is 34.3 Å². The van der Waals surface area contributed by atoms with Gasteiger partial charge in [-0.1, -0.05) is 18.2 Å². The number of ether oxygens (including phenoxy) is 1. The Balaban J connectivity index is 0.00000480. The van der Waals surface area contributed by atoms with Gasteiger partial charge in [-0.15, -0.1) is 24.0 Å². The Hall–Kier alpha value is -2.45. The molecule has 2 rings (SSSR count). The number of non-ortho nitro benzene ring substituents is 1. The molecule has 2 aromatic rings. The summed E-state index contributed by atoms with van der Waals surface area (Å²) < 4.78 is 32.2. The topological polar surface area (TPSA) is 126 Å². The van der Waals surface area contributed by atoms with E-state index in [-0.39, 0.29) is 47.6 Å². The maximum atomic E-state index is 12.3. The van der Waals surface area contributed by atoms with Crippen molar-refractivity contribution in [1.82, 2.24) is 14.9 Å². The number of hydrogen-bond donors (Lipinski definition) is 2. The number of rotatable bonds is 9. The van der Waals surface area contributed by atoms with Gasteiger partial charge in [-0.05, 0) is 23.8 Å². The summed E-state index contributed by atoms with van der Waals surface area (Å²) in [5.41, 5.74) is 0.782. The normalized spacial score (nSPS) is 11.4. The minimum absolute atomic E-state index is 0. The van der Waals surface area contributed by atoms with Crippen LogP contribution in [0.15, 0.2) is 58.4 Å². The van der Waals surface area contributed by atoms with Crippen molar-refractivity contribution in [3.8, 4) is 5.75 Å². The number of guanidine groups is 1. The molecule has 0 saturated carbocycles. The number of methoxy groups -OCH3 is 1. The average Bonchev–Trinajstić information content (AvgIpc) is 2.74. The molecule has 0 aromatic heterocycles. The Morgan fingerprint density at radius 1 is 1.19 bits per heavy atom. The SMILES string of the molecule is CN=C(NCCNS(=O)(=O)c1cccc([N+](=O)[O-])c1)N(C)Cc1ccc(OC)cc1.I. The molecular weight excluding hydrogens is 537 g/mol. The minimum atomic E-state index is -3.86. The van der Waals surface area contributed by atoms with Crippen LogP contribution >= 0.6 is 24.0 Å². The second-order valence-electron chi connectivity index (χ2n) is 6.33. The second kappa shape index (κ2) is 12.4. The molecule has 2 N–H and O–H groups in total. The lowest BCUT2D eigenvalue weighted by Gasteiger charge is -2.22. The molecule has 0 aliphatic carbocycles. The molecule has 0 heterocycles. The van der Waals surface area contributed by atoms with E-state index in [1.54, 1.807) is 14.2 Å². The van der Waals surface area contributed by atoms with E-state index >= 15 is 0 Å². The standard InChI is InChI=1S/C19H25N5O5S.HI/c1-20-19(23(2)14-15-7-9-17(29-3)10-8-15)21-11-12-22-30(27,28)18-6-4-5-16(13-18)24(25)26;/h4-10,13,22H,11-12,14H2,1-3H3,(H,20,21);1H. The quantitative estimate of drug-likeness (QED) is 0.120. The lowest BCUT2D eigenvalue weighted by atomic mass is 10.2. The maximum absolute atomic E-state index is 12.3. The van der Waals surface area contributed by atoms with Gasteiger partial charge in [-0.3, -0.25) is 15.1 Å². The van der Waals surface area contributed by atoms with Crippen LogP contribution < -0.4 is 14.8 Å². The molecule has 0 aliphatic heterocycles. The summed E-state index contributed by atoms with van der Waals surface area (Å²) in [6, 6.07) is 12.6. The summed E-state index contributed by atoms with van der Waals surface area (Å²) in [6.45, 7) is 0.970. The number of aliphatic imine (C=N–C) groups is 1. The minimum Gasteiger partial charge on any atom is -0.497 e. The molecule has 0 atom stereocenters. The van der Waals surface area contributed by atoms with E-state index in [0.717, 1.165) is 17.4 Å². The fourth-order valence-electron chi connectivity index (χ4n) is 2.67. The van der Waals surface area contributed by atoms with Crippen LogP contribution in [0.3, 0.4) is 0 Å². The molecule has 2 aromatic carbocycles. The number of halogens is 1. The van der Waals surface area contributed by atoms with Gasteiger partial charge in [0.25, 0.3) is 5.69 Å². The Kier molecular flexibility index (Phi) is 10.6. The summed E-state index contributed by atoms with van der Waals surface area (Å²) in [5, 5.41) is 13.9. The lowest BCUT2D eigenvalue weighted by molar-refractivity contribution is -0.385. The number of nitro groups is 1. The van der Waals surface area contributed by atoms with Crippen molar-refractivity contribution in [2.24, 2.45) is 4.99 Å². The fourth-order valence-corrected chi connectivity index (χ4v) is 3.74. The largest absolute Gasteiger partial charge is 0.497 e. The van der Waals surface area contributed by atoms with Crippen molar-refractivity contribution >= 4 is 45.6 Å². The highest BCUT2D eigenvalue weighted by molar-refractivity contribution is 14.0. The van der Waals surface area contributed by atoms with Crippen LogP contribution in [0.2, 0.25) is 0 Å². The monoisotopic (exact) mass is 563 g/mol. The van der Waals surface area contributed by atoms with Gasteiger partial charge in [-0.25, -0.2) is 13.1 Å². The number of benzene rings is 2. The molecule has 0 saturated heterocycles. The highest BCUT2D eigenvalue weighted by Gasteiger charge is 2.17. The predicted octanol–water partition coefficient (Wildman–Crippen LogP) is 2.21. The van der Waals surface area contributed by atoms with Gasteiger partial charge in [0.15, 0.2) is 5.96 Å². The van der Waals surface area contributed by atoms with E-state index < -0.39 is 14.9 Å². The molecule has 31 heavy (non-hydrogen) atoms. The summed E-state index contributed by atoms with van der Waals surface area (Å²) in [5.74, 6) is 1.38. The maximum Gasteiger partial charge on any atom is 0.270 e. The van der Waals surface area contributed by atoms with Gasteiger partial charge in [-0.2, -0.15) is 0 Å². The molecule has 0 radical (unpaired) electrons. The first-order valence-electron chi connectivity index (χ1n) is 9.05. The van der Waals surface area contributed by atoms with Crippen LogP contribution in [-0.4, -0.2) is 58.5 Å². The first-order valence-corrected chi connectivity index (χ1v) is 10.5. The van der Waals surface area contributed by atoms with Crippen LogP contribution in [0.1, 0.15) is 5.56 Å². The van der Waals surface area contributed by atoms with E-state index in [1.165, 1.54) is 18.2 Å². The summed E-state index contributed by atoms with van der Waals surface area (Å²) >= 11 is 0. The van der Waals surface area contributed by atoms with E-state index in [1.807, 2.05) is 36.2 Å².